The predicted molar refractivity (Wildman–Crippen MR) is 155 cm³/mol. The summed E-state index contributed by atoms with van der Waals surface area (Å²) in [6.45, 7) is 1.07. The summed E-state index contributed by atoms with van der Waals surface area (Å²) < 4.78 is 33.9. The second-order valence-electron chi connectivity index (χ2n) is 9.62. The van der Waals surface area contributed by atoms with Gasteiger partial charge >= 0.3 is 5.97 Å². The molecule has 40 heavy (non-hydrogen) atoms. The number of para-hydroxylation sites is 2. The highest BCUT2D eigenvalue weighted by Gasteiger charge is 2.42. The smallest absolute Gasteiger partial charge is 0.308 e. The molecule has 1 amide bonds. The third-order valence-corrected chi connectivity index (χ3v) is 9.39. The Balaban J connectivity index is 1.24. The Labute approximate surface area is 242 Å². The number of carbonyl (C=O) groups excluding carboxylic acids is 2. The molecule has 9 nitrogen and oxygen atoms in total. The van der Waals surface area contributed by atoms with E-state index in [4.69, 9.17) is 27.9 Å². The molecule has 2 aliphatic heterocycles. The van der Waals surface area contributed by atoms with E-state index < -0.39 is 34.4 Å². The van der Waals surface area contributed by atoms with Crippen molar-refractivity contribution in [2.75, 3.05) is 28.1 Å². The molecule has 2 aromatic carbocycles. The molecule has 0 fully saturated rings. The standard InChI is InChI=1S/C28H28Cl2N4O5S/c29-21-13-12-20(16-22(21)30)40(37,38)34-24-9-2-1-8-23(24)33-28(36)25(34)17-26(35)39-15-4-3-7-19-11-10-18-6-5-14-31-27(18)32-19/h1-2,8-13,16,25H,3-7,14-15,17H2,(H,31,32)(H,33,36)/t25-/m1/s1. The summed E-state index contributed by atoms with van der Waals surface area (Å²) in [5, 5.41) is 6.26. The molecule has 0 aliphatic carbocycles. The largest absolute Gasteiger partial charge is 0.466 e. The minimum Gasteiger partial charge on any atom is -0.466 e. The molecule has 0 bridgehead atoms. The molecule has 0 spiro atoms. The van der Waals surface area contributed by atoms with Crippen molar-refractivity contribution < 1.29 is 22.7 Å². The fourth-order valence-electron chi connectivity index (χ4n) is 4.80. The summed E-state index contributed by atoms with van der Waals surface area (Å²) in [4.78, 5) is 30.4. The molecule has 0 radical (unpaired) electrons. The molecule has 210 valence electrons. The van der Waals surface area contributed by atoms with Crippen molar-refractivity contribution in [2.24, 2.45) is 0 Å². The van der Waals surface area contributed by atoms with Gasteiger partial charge in [0, 0.05) is 12.2 Å². The number of ether oxygens (including phenoxy) is 1. The maximum atomic E-state index is 13.8. The highest BCUT2D eigenvalue weighted by Crippen LogP contribution is 2.38. The molecule has 1 atom stereocenters. The number of rotatable bonds is 9. The SMILES string of the molecule is O=C(C[C@@H]1C(=O)Nc2ccccc2N1S(=O)(=O)c1ccc(Cl)c(Cl)c1)OCCCCc1ccc2c(n1)NCCC2. The van der Waals surface area contributed by atoms with Gasteiger partial charge in [-0.25, -0.2) is 13.4 Å². The summed E-state index contributed by atoms with van der Waals surface area (Å²) in [5.74, 6) is -0.362. The quantitative estimate of drug-likeness (QED) is 0.255. The molecule has 0 saturated heterocycles. The number of esters is 1. The summed E-state index contributed by atoms with van der Waals surface area (Å²) in [6, 6.07) is 13.2. The third kappa shape index (κ3) is 6.04. The normalized spacial score (nSPS) is 16.4. The first-order valence-corrected chi connectivity index (χ1v) is 15.2. The maximum absolute atomic E-state index is 13.8. The van der Waals surface area contributed by atoms with E-state index in [1.54, 1.807) is 24.3 Å². The van der Waals surface area contributed by atoms with Crippen LogP contribution < -0.4 is 14.9 Å². The monoisotopic (exact) mass is 602 g/mol. The molecule has 0 saturated carbocycles. The number of pyridine rings is 1. The number of amides is 1. The first-order valence-electron chi connectivity index (χ1n) is 13.0. The van der Waals surface area contributed by atoms with Crippen LogP contribution in [0.4, 0.5) is 17.2 Å². The molecule has 5 rings (SSSR count). The van der Waals surface area contributed by atoms with E-state index in [1.165, 1.54) is 23.8 Å². The van der Waals surface area contributed by atoms with Crippen molar-refractivity contribution in [3.63, 3.8) is 0 Å². The lowest BCUT2D eigenvalue weighted by atomic mass is 10.1. The topological polar surface area (TPSA) is 118 Å². The number of halogens is 2. The van der Waals surface area contributed by atoms with Gasteiger partial charge in [0.2, 0.25) is 5.91 Å². The predicted octanol–water partition coefficient (Wildman–Crippen LogP) is 5.22. The number of anilines is 3. The van der Waals surface area contributed by atoms with Gasteiger partial charge in [0.15, 0.2) is 0 Å². The Bertz CT molecular complexity index is 1550. The van der Waals surface area contributed by atoms with Crippen LogP contribution >= 0.6 is 23.2 Å². The van der Waals surface area contributed by atoms with Gasteiger partial charge in [0.1, 0.15) is 11.9 Å². The number of aryl methyl sites for hydroxylation is 2. The van der Waals surface area contributed by atoms with E-state index in [1.807, 2.05) is 6.07 Å². The van der Waals surface area contributed by atoms with Crippen LogP contribution in [0, 0.1) is 0 Å². The molecule has 1 aromatic heterocycles. The molecule has 2 aliphatic rings. The molecule has 12 heteroatoms. The Morgan fingerprint density at radius 2 is 1.90 bits per heavy atom. The van der Waals surface area contributed by atoms with Crippen LogP contribution in [0.25, 0.3) is 0 Å². The summed E-state index contributed by atoms with van der Waals surface area (Å²) in [5.41, 5.74) is 2.75. The molecule has 2 N–H and O–H groups in total. The number of nitrogens with one attached hydrogen (secondary N) is 2. The van der Waals surface area contributed by atoms with Gasteiger partial charge in [-0.2, -0.15) is 0 Å². The number of benzene rings is 2. The number of hydrogen-bond acceptors (Lipinski definition) is 7. The number of nitrogens with zero attached hydrogens (tertiary/aromatic N) is 2. The Morgan fingerprint density at radius 3 is 2.73 bits per heavy atom. The van der Waals surface area contributed by atoms with E-state index in [-0.39, 0.29) is 27.2 Å². The zero-order valence-corrected chi connectivity index (χ0v) is 23.9. The lowest BCUT2D eigenvalue weighted by Crippen LogP contribution is -2.52. The van der Waals surface area contributed by atoms with Crippen LogP contribution in [0.5, 0.6) is 0 Å². The highest BCUT2D eigenvalue weighted by molar-refractivity contribution is 7.93. The second kappa shape index (κ2) is 12.0. The average molecular weight is 604 g/mol. The third-order valence-electron chi connectivity index (χ3n) is 6.84. The van der Waals surface area contributed by atoms with Crippen LogP contribution in [-0.2, 0) is 37.2 Å². The van der Waals surface area contributed by atoms with Gasteiger partial charge < -0.3 is 15.4 Å². The van der Waals surface area contributed by atoms with Crippen molar-refractivity contribution >= 4 is 62.3 Å². The summed E-state index contributed by atoms with van der Waals surface area (Å²) in [7, 11) is -4.30. The lowest BCUT2D eigenvalue weighted by molar-refractivity contribution is -0.145. The molecule has 3 aromatic rings. The number of aromatic nitrogens is 1. The van der Waals surface area contributed by atoms with Gasteiger partial charge in [0.05, 0.1) is 39.3 Å². The van der Waals surface area contributed by atoms with E-state index in [0.717, 1.165) is 48.0 Å². The van der Waals surface area contributed by atoms with Crippen LogP contribution in [0.2, 0.25) is 10.0 Å². The minimum absolute atomic E-state index is 0.0512. The van der Waals surface area contributed by atoms with Crippen molar-refractivity contribution in [3.8, 4) is 0 Å². The zero-order valence-electron chi connectivity index (χ0n) is 21.5. The minimum atomic E-state index is -4.30. The fourth-order valence-corrected chi connectivity index (χ4v) is 6.82. The lowest BCUT2D eigenvalue weighted by Gasteiger charge is -2.36. The van der Waals surface area contributed by atoms with Crippen molar-refractivity contribution in [1.82, 2.24) is 4.98 Å². The van der Waals surface area contributed by atoms with E-state index in [9.17, 15) is 18.0 Å². The first-order chi connectivity index (χ1) is 19.2. The number of sulfonamides is 1. The maximum Gasteiger partial charge on any atom is 0.308 e. The van der Waals surface area contributed by atoms with E-state index in [0.29, 0.717) is 12.1 Å². The van der Waals surface area contributed by atoms with Crippen LogP contribution in [0.1, 0.15) is 36.9 Å². The molecular weight excluding hydrogens is 575 g/mol. The molecular formula is C28H28Cl2N4O5S. The van der Waals surface area contributed by atoms with E-state index in [2.05, 4.69) is 21.7 Å². The van der Waals surface area contributed by atoms with Crippen LogP contribution in [-0.4, -0.2) is 44.5 Å². The number of fused-ring (bicyclic) bond motifs is 2. The summed E-state index contributed by atoms with van der Waals surface area (Å²) >= 11 is 12.1. The van der Waals surface area contributed by atoms with Gasteiger partial charge in [-0.15, -0.1) is 0 Å². The average Bonchev–Trinajstić information content (AvgIpc) is 2.94. The summed E-state index contributed by atoms with van der Waals surface area (Å²) in [6.07, 6.45) is 3.77. The molecule has 3 heterocycles. The van der Waals surface area contributed by atoms with Gasteiger partial charge in [-0.3, -0.25) is 13.9 Å². The van der Waals surface area contributed by atoms with Crippen molar-refractivity contribution in [1.29, 1.82) is 0 Å². The van der Waals surface area contributed by atoms with Gasteiger partial charge in [-0.05, 0) is 74.1 Å². The first kappa shape index (κ1) is 28.2. The highest BCUT2D eigenvalue weighted by atomic mass is 35.5. The number of unbranched alkanes of at least 4 members (excludes halogenated alkanes) is 1. The molecule has 0 unspecified atom stereocenters. The van der Waals surface area contributed by atoms with Crippen LogP contribution in [0.15, 0.2) is 59.5 Å². The number of carbonyl (C=O) groups is 2. The Morgan fingerprint density at radius 1 is 1.07 bits per heavy atom. The van der Waals surface area contributed by atoms with E-state index >= 15 is 0 Å². The fraction of sp³-hybridized carbons (Fsp3) is 0.321. The number of hydrogen-bond donors (Lipinski definition) is 2. The van der Waals surface area contributed by atoms with Gasteiger partial charge in [0.25, 0.3) is 10.0 Å². The second-order valence-corrected chi connectivity index (χ2v) is 12.3. The van der Waals surface area contributed by atoms with Gasteiger partial charge in [-0.1, -0.05) is 41.4 Å². The zero-order chi connectivity index (χ0) is 28.3. The van der Waals surface area contributed by atoms with Crippen molar-refractivity contribution in [3.05, 3.63) is 75.9 Å². The Hall–Kier alpha value is -3.34. The Kier molecular flexibility index (Phi) is 8.48. The van der Waals surface area contributed by atoms with Crippen LogP contribution in [0.3, 0.4) is 0 Å². The van der Waals surface area contributed by atoms with Crippen molar-refractivity contribution in [2.45, 2.75) is 49.5 Å².